The van der Waals surface area contributed by atoms with E-state index in [0.29, 0.717) is 5.56 Å². The lowest BCUT2D eigenvalue weighted by atomic mass is 9.72. The van der Waals surface area contributed by atoms with Crippen LogP contribution in [-0.4, -0.2) is 56.9 Å². The molecule has 0 saturated heterocycles. The minimum atomic E-state index is -3.79. The van der Waals surface area contributed by atoms with Gasteiger partial charge >= 0.3 is 19.1 Å². The van der Waals surface area contributed by atoms with Crippen LogP contribution in [0.4, 0.5) is 0 Å². The van der Waals surface area contributed by atoms with Crippen LogP contribution >= 0.6 is 0 Å². The monoisotopic (exact) mass is 428 g/mol. The molecule has 0 unspecified atom stereocenters. The number of ether oxygens (including phenoxy) is 2. The number of amides is 1. The Bertz CT molecular complexity index is 890. The van der Waals surface area contributed by atoms with Crippen molar-refractivity contribution < 1.29 is 42.0 Å². The molecular formula is C16H21BN2O9S. The molecule has 1 heterocycles. The van der Waals surface area contributed by atoms with Crippen molar-refractivity contribution in [2.75, 3.05) is 12.5 Å². The maximum absolute atomic E-state index is 12.2. The number of para-hydroxylation sites is 1. The first-order valence-corrected chi connectivity index (χ1v) is 10.4. The number of rotatable bonds is 8. The Morgan fingerprint density at radius 2 is 2.07 bits per heavy atom. The van der Waals surface area contributed by atoms with E-state index in [1.807, 2.05) is 0 Å². The highest BCUT2D eigenvalue weighted by atomic mass is 32.2. The Morgan fingerprint density at radius 1 is 1.34 bits per heavy atom. The second kappa shape index (κ2) is 9.72. The summed E-state index contributed by atoms with van der Waals surface area (Å²) in [7, 11) is -5.27. The molecule has 0 spiro atoms. The fourth-order valence-electron chi connectivity index (χ4n) is 2.55. The molecule has 1 aliphatic heterocycles. The Balaban J connectivity index is 2.03. The van der Waals surface area contributed by atoms with Crippen LogP contribution in [0.25, 0.3) is 0 Å². The third-order valence-corrected chi connectivity index (χ3v) is 4.77. The highest BCUT2D eigenvalue weighted by molar-refractivity contribution is 7.89. The predicted octanol–water partition coefficient (Wildman–Crippen LogP) is -1.13. The first-order chi connectivity index (χ1) is 13.6. The van der Waals surface area contributed by atoms with Gasteiger partial charge in [-0.15, -0.1) is 0 Å². The van der Waals surface area contributed by atoms with Crippen molar-refractivity contribution in [1.29, 1.82) is 0 Å². The zero-order chi connectivity index (χ0) is 21.6. The summed E-state index contributed by atoms with van der Waals surface area (Å²) in [4.78, 5) is 35.2. The SMILES string of the molecule is CCC(=O)OCOC(=O)c1cccc2c1OB(O)[C@@H](NC(=O)CCS(N)(=O)=O)C2. The van der Waals surface area contributed by atoms with Crippen LogP contribution in [0.2, 0.25) is 0 Å². The lowest BCUT2D eigenvalue weighted by Gasteiger charge is -2.29. The minimum absolute atomic E-state index is 0.0214. The summed E-state index contributed by atoms with van der Waals surface area (Å²) in [6.45, 7) is 1.04. The number of primary sulfonamides is 1. The van der Waals surface area contributed by atoms with E-state index < -0.39 is 53.5 Å². The van der Waals surface area contributed by atoms with Gasteiger partial charge < -0.3 is 24.5 Å². The number of benzene rings is 1. The largest absolute Gasteiger partial charge is 0.547 e. The van der Waals surface area contributed by atoms with Gasteiger partial charge in [0.1, 0.15) is 11.3 Å². The summed E-state index contributed by atoms with van der Waals surface area (Å²) < 4.78 is 36.8. The number of carbonyl (C=O) groups is 3. The van der Waals surface area contributed by atoms with E-state index in [1.54, 1.807) is 19.1 Å². The van der Waals surface area contributed by atoms with Crippen molar-refractivity contribution >= 4 is 35.0 Å². The van der Waals surface area contributed by atoms with E-state index >= 15 is 0 Å². The lowest BCUT2D eigenvalue weighted by Crippen LogP contribution is -2.53. The maximum atomic E-state index is 12.2. The summed E-state index contributed by atoms with van der Waals surface area (Å²) in [5.74, 6) is -3.26. The quantitative estimate of drug-likeness (QED) is 0.263. The standard InChI is InChI=1S/C16H21BN2O9S/c1-2-14(21)26-9-27-16(22)11-5-3-4-10-8-12(17(23)28-15(10)11)19-13(20)6-7-29(18,24)25/h3-5,12,23H,2,6-9H2,1H3,(H,19,20)(H2,18,24,25)/t12-/m0/s1. The van der Waals surface area contributed by atoms with Crippen LogP contribution in [-0.2, 0) is 35.5 Å². The molecule has 1 aromatic carbocycles. The molecule has 1 aliphatic rings. The molecule has 0 fully saturated rings. The van der Waals surface area contributed by atoms with Gasteiger partial charge in [-0.2, -0.15) is 0 Å². The molecule has 1 aromatic rings. The Labute approximate surface area is 167 Å². The molecule has 0 aromatic heterocycles. The van der Waals surface area contributed by atoms with Gasteiger partial charge in [-0.1, -0.05) is 19.1 Å². The average Bonchev–Trinajstić information content (AvgIpc) is 2.65. The van der Waals surface area contributed by atoms with Crippen molar-refractivity contribution in [3.05, 3.63) is 29.3 Å². The lowest BCUT2D eigenvalue weighted by molar-refractivity contribution is -0.151. The van der Waals surface area contributed by atoms with Gasteiger partial charge in [-0.25, -0.2) is 18.4 Å². The van der Waals surface area contributed by atoms with Gasteiger partial charge in [0.05, 0.1) is 11.7 Å². The fourth-order valence-corrected chi connectivity index (χ4v) is 3.02. The van der Waals surface area contributed by atoms with Crippen LogP contribution in [0.3, 0.4) is 0 Å². The first-order valence-electron chi connectivity index (χ1n) is 8.70. The second-order valence-electron chi connectivity index (χ2n) is 6.22. The van der Waals surface area contributed by atoms with Gasteiger partial charge in [0.2, 0.25) is 22.7 Å². The van der Waals surface area contributed by atoms with Crippen molar-refractivity contribution in [2.24, 2.45) is 5.14 Å². The smallest absolute Gasteiger partial charge is 0.534 e. The molecule has 1 atom stereocenters. The number of fused-ring (bicyclic) bond motifs is 1. The van der Waals surface area contributed by atoms with E-state index in [0.717, 1.165) is 0 Å². The number of nitrogens with two attached hydrogens (primary N) is 1. The molecule has 1 amide bonds. The normalized spacial score (nSPS) is 15.7. The maximum Gasteiger partial charge on any atom is 0.547 e. The molecule has 29 heavy (non-hydrogen) atoms. The van der Waals surface area contributed by atoms with Crippen LogP contribution < -0.4 is 15.1 Å². The Hall–Kier alpha value is -2.64. The molecule has 0 saturated carbocycles. The topological polar surface area (TPSA) is 171 Å². The molecule has 0 aliphatic carbocycles. The van der Waals surface area contributed by atoms with Crippen LogP contribution in [0.5, 0.6) is 5.75 Å². The third-order valence-electron chi connectivity index (χ3n) is 4.00. The number of hydrogen-bond acceptors (Lipinski definition) is 9. The van der Waals surface area contributed by atoms with Gasteiger partial charge in [-0.05, 0) is 18.1 Å². The first kappa shape index (κ1) is 22.7. The van der Waals surface area contributed by atoms with Crippen molar-refractivity contribution in [2.45, 2.75) is 32.1 Å². The van der Waals surface area contributed by atoms with Crippen LogP contribution in [0.15, 0.2) is 18.2 Å². The molecular weight excluding hydrogens is 407 g/mol. The highest BCUT2D eigenvalue weighted by Crippen LogP contribution is 2.30. The molecule has 158 valence electrons. The molecule has 11 nitrogen and oxygen atoms in total. The van der Waals surface area contributed by atoms with Crippen LogP contribution in [0.1, 0.15) is 35.7 Å². The predicted molar refractivity (Wildman–Crippen MR) is 99.9 cm³/mol. The van der Waals surface area contributed by atoms with Gasteiger partial charge in [0, 0.05) is 12.8 Å². The van der Waals surface area contributed by atoms with Crippen LogP contribution in [0, 0.1) is 0 Å². The Kier molecular flexibility index (Phi) is 7.59. The van der Waals surface area contributed by atoms with E-state index in [2.05, 4.69) is 10.1 Å². The average molecular weight is 428 g/mol. The second-order valence-corrected chi connectivity index (χ2v) is 7.95. The molecule has 13 heteroatoms. The van der Waals surface area contributed by atoms with E-state index in [4.69, 9.17) is 14.5 Å². The van der Waals surface area contributed by atoms with Crippen molar-refractivity contribution in [3.63, 3.8) is 0 Å². The number of hydrogen-bond donors (Lipinski definition) is 3. The number of sulfonamides is 1. The molecule has 4 N–H and O–H groups in total. The number of carbonyl (C=O) groups excluding carboxylic acids is 3. The molecule has 2 rings (SSSR count). The number of nitrogens with one attached hydrogen (secondary N) is 1. The Morgan fingerprint density at radius 3 is 2.72 bits per heavy atom. The van der Waals surface area contributed by atoms with Gasteiger partial charge in [-0.3, -0.25) is 9.59 Å². The summed E-state index contributed by atoms with van der Waals surface area (Å²) in [6.07, 6.45) is -0.0980. The van der Waals surface area contributed by atoms with Gasteiger partial charge in [0.15, 0.2) is 0 Å². The third kappa shape index (κ3) is 6.73. The zero-order valence-corrected chi connectivity index (χ0v) is 16.4. The molecule has 0 bridgehead atoms. The van der Waals surface area contributed by atoms with E-state index in [1.165, 1.54) is 6.07 Å². The zero-order valence-electron chi connectivity index (χ0n) is 15.6. The summed E-state index contributed by atoms with van der Waals surface area (Å²) in [5, 5.41) is 17.5. The minimum Gasteiger partial charge on any atom is -0.534 e. The molecule has 0 radical (unpaired) electrons. The van der Waals surface area contributed by atoms with Gasteiger partial charge in [0.25, 0.3) is 0 Å². The summed E-state index contributed by atoms with van der Waals surface area (Å²) in [5.41, 5.74) is 0.542. The van der Waals surface area contributed by atoms with Crippen molar-refractivity contribution in [1.82, 2.24) is 5.32 Å². The van der Waals surface area contributed by atoms with E-state index in [-0.39, 0.29) is 30.6 Å². The van der Waals surface area contributed by atoms with Crippen molar-refractivity contribution in [3.8, 4) is 5.75 Å². The summed E-state index contributed by atoms with van der Waals surface area (Å²) >= 11 is 0. The summed E-state index contributed by atoms with van der Waals surface area (Å²) in [6, 6.07) is 4.62. The number of esters is 2. The fraction of sp³-hybridized carbons (Fsp3) is 0.438. The van der Waals surface area contributed by atoms with E-state index in [9.17, 15) is 27.8 Å². The highest BCUT2D eigenvalue weighted by Gasteiger charge is 2.38.